The molecule has 1 unspecified atom stereocenters. The van der Waals surface area contributed by atoms with E-state index < -0.39 is 11.6 Å². The average Bonchev–Trinajstić information content (AvgIpc) is 3.39. The number of aryl methyl sites for hydroxylation is 1. The summed E-state index contributed by atoms with van der Waals surface area (Å²) in [4.78, 5) is 24.0. The van der Waals surface area contributed by atoms with Gasteiger partial charge < -0.3 is 14.2 Å². The fraction of sp³-hybridized carbons (Fsp3) is 0.400. The molecule has 1 aromatic carbocycles. The Hall–Kier alpha value is -2.40. The summed E-state index contributed by atoms with van der Waals surface area (Å²) < 4.78 is 16.5. The van der Waals surface area contributed by atoms with Gasteiger partial charge in [0.25, 0.3) is 0 Å². The number of carbonyl (C=O) groups excluding carboxylic acids is 2. The van der Waals surface area contributed by atoms with Crippen LogP contribution in [0, 0.1) is 6.92 Å². The summed E-state index contributed by atoms with van der Waals surface area (Å²) in [6.45, 7) is 9.35. The second-order valence-electron chi connectivity index (χ2n) is 6.19. The molecule has 1 aliphatic rings. The van der Waals surface area contributed by atoms with Crippen LogP contribution < -0.4 is 4.74 Å². The summed E-state index contributed by atoms with van der Waals surface area (Å²) in [6.07, 6.45) is 3.39. The molecule has 0 amide bonds. The molecule has 5 heteroatoms. The molecule has 25 heavy (non-hydrogen) atoms. The van der Waals surface area contributed by atoms with Gasteiger partial charge in [0.1, 0.15) is 12.4 Å². The van der Waals surface area contributed by atoms with Gasteiger partial charge >= 0.3 is 11.9 Å². The number of hydrogen-bond acceptors (Lipinski definition) is 5. The standard InChI is InChI=1S/C20H24O5/c1-6-14(4)18(21)23-11-20(12-24-20)16-9-8-13(3)10-17(16)25-19(22)15(5)7-2/h6-10H,11-12H2,1-5H3. The second kappa shape index (κ2) is 7.66. The van der Waals surface area contributed by atoms with Crippen molar-refractivity contribution in [3.05, 3.63) is 52.6 Å². The van der Waals surface area contributed by atoms with Crippen molar-refractivity contribution in [2.45, 2.75) is 40.2 Å². The normalized spacial score (nSPS) is 20.2. The van der Waals surface area contributed by atoms with Gasteiger partial charge in [0.2, 0.25) is 0 Å². The van der Waals surface area contributed by atoms with E-state index in [1.807, 2.05) is 19.1 Å². The van der Waals surface area contributed by atoms with Gasteiger partial charge in [0, 0.05) is 16.7 Å². The van der Waals surface area contributed by atoms with Crippen molar-refractivity contribution in [1.82, 2.24) is 0 Å². The van der Waals surface area contributed by atoms with Crippen molar-refractivity contribution in [2.75, 3.05) is 13.2 Å². The van der Waals surface area contributed by atoms with Crippen LogP contribution in [0.15, 0.2) is 41.5 Å². The Bertz CT molecular complexity index is 738. The molecule has 0 spiro atoms. The highest BCUT2D eigenvalue weighted by atomic mass is 16.6. The molecule has 0 N–H and O–H groups in total. The molecule has 0 saturated carbocycles. The molecular formula is C20H24O5. The molecule has 1 fully saturated rings. The van der Waals surface area contributed by atoms with Gasteiger partial charge in [-0.3, -0.25) is 0 Å². The highest BCUT2D eigenvalue weighted by molar-refractivity contribution is 5.89. The SMILES string of the molecule is CC=C(C)C(=O)OCC1(c2ccc(C)cc2OC(=O)C(C)=CC)CO1. The van der Waals surface area contributed by atoms with Crippen LogP contribution in [0.2, 0.25) is 0 Å². The summed E-state index contributed by atoms with van der Waals surface area (Å²) in [5, 5.41) is 0. The maximum absolute atomic E-state index is 12.1. The Morgan fingerprint density at radius 3 is 2.32 bits per heavy atom. The maximum Gasteiger partial charge on any atom is 0.338 e. The van der Waals surface area contributed by atoms with Crippen LogP contribution in [-0.2, 0) is 24.7 Å². The first kappa shape index (κ1) is 18.9. The van der Waals surface area contributed by atoms with Gasteiger partial charge in [-0.1, -0.05) is 24.3 Å². The van der Waals surface area contributed by atoms with E-state index in [0.29, 0.717) is 29.1 Å². The molecule has 0 radical (unpaired) electrons. The van der Waals surface area contributed by atoms with Crippen molar-refractivity contribution in [3.8, 4) is 5.75 Å². The van der Waals surface area contributed by atoms with Gasteiger partial charge in [-0.05, 0) is 46.2 Å². The fourth-order valence-electron chi connectivity index (χ4n) is 2.21. The van der Waals surface area contributed by atoms with Crippen LogP contribution in [0.1, 0.15) is 38.8 Å². The molecule has 1 aliphatic heterocycles. The van der Waals surface area contributed by atoms with E-state index in [2.05, 4.69) is 0 Å². The predicted octanol–water partition coefficient (Wildman–Crippen LogP) is 3.60. The zero-order valence-corrected chi connectivity index (χ0v) is 15.3. The lowest BCUT2D eigenvalue weighted by Crippen LogP contribution is -2.22. The molecule has 1 saturated heterocycles. The number of benzene rings is 1. The van der Waals surface area contributed by atoms with Crippen molar-refractivity contribution in [3.63, 3.8) is 0 Å². The lowest BCUT2D eigenvalue weighted by Gasteiger charge is -2.17. The maximum atomic E-state index is 12.1. The van der Waals surface area contributed by atoms with E-state index in [4.69, 9.17) is 14.2 Å². The molecule has 134 valence electrons. The lowest BCUT2D eigenvalue weighted by atomic mass is 9.98. The van der Waals surface area contributed by atoms with Gasteiger partial charge in [0.05, 0.1) is 6.61 Å². The molecule has 5 nitrogen and oxygen atoms in total. The number of esters is 2. The number of ether oxygens (including phenoxy) is 3. The molecule has 0 aromatic heterocycles. The number of carbonyl (C=O) groups is 2. The van der Waals surface area contributed by atoms with E-state index >= 15 is 0 Å². The zero-order valence-electron chi connectivity index (χ0n) is 15.3. The average molecular weight is 344 g/mol. The van der Waals surface area contributed by atoms with Gasteiger partial charge in [-0.25, -0.2) is 9.59 Å². The Labute approximate surface area is 148 Å². The second-order valence-corrected chi connectivity index (χ2v) is 6.19. The van der Waals surface area contributed by atoms with Crippen LogP contribution in [0.3, 0.4) is 0 Å². The monoisotopic (exact) mass is 344 g/mol. The minimum Gasteiger partial charge on any atom is -0.459 e. The summed E-state index contributed by atoms with van der Waals surface area (Å²) >= 11 is 0. The van der Waals surface area contributed by atoms with Crippen LogP contribution in [0.5, 0.6) is 5.75 Å². The van der Waals surface area contributed by atoms with Crippen molar-refractivity contribution >= 4 is 11.9 Å². The topological polar surface area (TPSA) is 65.1 Å². The van der Waals surface area contributed by atoms with Crippen molar-refractivity contribution < 1.29 is 23.8 Å². The van der Waals surface area contributed by atoms with Crippen LogP contribution >= 0.6 is 0 Å². The molecule has 1 heterocycles. The first-order valence-electron chi connectivity index (χ1n) is 8.23. The van der Waals surface area contributed by atoms with E-state index in [1.54, 1.807) is 45.9 Å². The Morgan fingerprint density at radius 1 is 1.16 bits per heavy atom. The summed E-state index contributed by atoms with van der Waals surface area (Å²) in [6, 6.07) is 5.56. The first-order valence-corrected chi connectivity index (χ1v) is 8.23. The quantitative estimate of drug-likeness (QED) is 0.341. The predicted molar refractivity (Wildman–Crippen MR) is 94.3 cm³/mol. The Kier molecular flexibility index (Phi) is 5.80. The van der Waals surface area contributed by atoms with Gasteiger partial charge in [-0.15, -0.1) is 0 Å². The highest BCUT2D eigenvalue weighted by Crippen LogP contribution is 2.44. The summed E-state index contributed by atoms with van der Waals surface area (Å²) in [5.74, 6) is -0.359. The molecule has 1 aromatic rings. The van der Waals surface area contributed by atoms with Crippen LogP contribution in [0.25, 0.3) is 0 Å². The smallest absolute Gasteiger partial charge is 0.338 e. The first-order chi connectivity index (χ1) is 11.8. The molecule has 2 rings (SSSR count). The minimum absolute atomic E-state index is 0.0766. The van der Waals surface area contributed by atoms with E-state index in [9.17, 15) is 9.59 Å². The molecule has 0 aliphatic carbocycles. The zero-order chi connectivity index (χ0) is 18.6. The summed E-state index contributed by atoms with van der Waals surface area (Å²) in [7, 11) is 0. The van der Waals surface area contributed by atoms with Gasteiger partial charge in [-0.2, -0.15) is 0 Å². The third kappa shape index (κ3) is 4.37. The van der Waals surface area contributed by atoms with Crippen molar-refractivity contribution in [2.24, 2.45) is 0 Å². The Balaban J connectivity index is 2.23. The molecule has 0 bridgehead atoms. The van der Waals surface area contributed by atoms with Crippen LogP contribution in [0.4, 0.5) is 0 Å². The van der Waals surface area contributed by atoms with E-state index in [0.717, 1.165) is 5.56 Å². The largest absolute Gasteiger partial charge is 0.459 e. The number of hydrogen-bond donors (Lipinski definition) is 0. The third-order valence-electron chi connectivity index (χ3n) is 4.27. The lowest BCUT2D eigenvalue weighted by molar-refractivity contribution is -0.141. The van der Waals surface area contributed by atoms with E-state index in [-0.39, 0.29) is 12.6 Å². The molecule has 1 atom stereocenters. The van der Waals surface area contributed by atoms with Crippen molar-refractivity contribution in [1.29, 1.82) is 0 Å². The summed E-state index contributed by atoms with van der Waals surface area (Å²) in [5.41, 5.74) is 1.98. The number of allylic oxidation sites excluding steroid dienone is 2. The van der Waals surface area contributed by atoms with Crippen LogP contribution in [-0.4, -0.2) is 25.2 Å². The molecular weight excluding hydrogens is 320 g/mol. The highest BCUT2D eigenvalue weighted by Gasteiger charge is 2.50. The van der Waals surface area contributed by atoms with E-state index in [1.165, 1.54) is 0 Å². The number of rotatable bonds is 6. The third-order valence-corrected chi connectivity index (χ3v) is 4.27. The van der Waals surface area contributed by atoms with Gasteiger partial charge in [0.15, 0.2) is 5.60 Å². The fourth-order valence-corrected chi connectivity index (χ4v) is 2.21. The minimum atomic E-state index is -0.753. The Morgan fingerprint density at radius 2 is 1.76 bits per heavy atom. The number of epoxide rings is 1.